The third-order valence-corrected chi connectivity index (χ3v) is 30.6. The molecule has 0 spiro atoms. The monoisotopic (exact) mass is 1050 g/mol. The number of halogens is 1. The first-order valence-corrected chi connectivity index (χ1v) is 34.1. The van der Waals surface area contributed by atoms with Crippen molar-refractivity contribution < 1.29 is 25.7 Å². The Balaban J connectivity index is 0.000000174. The summed E-state index contributed by atoms with van der Waals surface area (Å²) in [4.78, 5) is 15.8. The van der Waals surface area contributed by atoms with Gasteiger partial charge in [-0.1, -0.05) is 70.6 Å². The Labute approximate surface area is 397 Å². The molecule has 6 aliphatic heterocycles. The van der Waals surface area contributed by atoms with E-state index in [0.717, 1.165) is 94.0 Å². The Kier molecular flexibility index (Phi) is 17.4. The Hall–Kier alpha value is -0.446. The van der Waals surface area contributed by atoms with E-state index in [1.54, 1.807) is 14.8 Å². The zero-order chi connectivity index (χ0) is 46.0. The van der Waals surface area contributed by atoms with Crippen molar-refractivity contribution >= 4 is 80.4 Å². The Morgan fingerprint density at radius 3 is 1.70 bits per heavy atom. The number of hydrogen-bond donors (Lipinski definition) is 2. The minimum atomic E-state index is -3.44. The van der Waals surface area contributed by atoms with Crippen molar-refractivity contribution in [1.82, 2.24) is 39.0 Å². The quantitative estimate of drug-likeness (QED) is 0.277. The minimum absolute atomic E-state index is 0.218. The van der Waals surface area contributed by atoms with Crippen LogP contribution in [0, 0.1) is 0 Å². The van der Waals surface area contributed by atoms with Crippen LogP contribution in [0.15, 0.2) is 24.7 Å². The standard InChI is InChI=1S/C20H37N5O3S2Si.C13H28N2OSi.C8H11BrN2O2S2/c1-20(2,3)31(4,5)28-17-12-16-14-24(11-10-23(16)15-17)19-22-13-18(29-19)30(26,27)25-8-6-21-7-9-25;1-13(2,3)17(4,5)16-12-8-11-9-14-6-7-15(11)10-12;9-8-10-6-7(14-8)15(12,13)11-4-2-1-3-5-11/h13,16-17,21H,6-12,14-15H2,1-5H3;11-12,14H,6-10H2,1-5H3;6H,1-5H2/t16-,17+;11-,12+;/m00./s1. The molecule has 6 saturated heterocycles. The van der Waals surface area contributed by atoms with Crippen LogP contribution in [0.3, 0.4) is 0 Å². The molecule has 8 heterocycles. The van der Waals surface area contributed by atoms with Crippen LogP contribution < -0.4 is 15.5 Å². The lowest BCUT2D eigenvalue weighted by Crippen LogP contribution is -2.50. The lowest BCUT2D eigenvalue weighted by molar-refractivity contribution is 0.174. The summed E-state index contributed by atoms with van der Waals surface area (Å²) >= 11 is 5.65. The second-order valence-electron chi connectivity index (χ2n) is 20.9. The van der Waals surface area contributed by atoms with Gasteiger partial charge in [-0.15, -0.1) is 0 Å². The second-order valence-corrected chi connectivity index (χ2v) is 38.1. The van der Waals surface area contributed by atoms with Crippen molar-refractivity contribution in [3.05, 3.63) is 16.3 Å². The summed E-state index contributed by atoms with van der Waals surface area (Å²) in [5, 5.41) is 8.05. The largest absolute Gasteiger partial charge is 0.413 e. The molecule has 4 atom stereocenters. The number of nitrogens with one attached hydrogen (secondary N) is 2. The topological polar surface area (TPSA) is 153 Å². The van der Waals surface area contributed by atoms with E-state index in [0.29, 0.717) is 74.9 Å². The number of piperazine rings is 3. The van der Waals surface area contributed by atoms with Gasteiger partial charge in [-0.05, 0) is 77.9 Å². The van der Waals surface area contributed by atoms with Gasteiger partial charge in [-0.25, -0.2) is 26.8 Å². The molecule has 63 heavy (non-hydrogen) atoms. The highest BCUT2D eigenvalue weighted by Crippen LogP contribution is 2.41. The van der Waals surface area contributed by atoms with E-state index in [9.17, 15) is 16.8 Å². The number of hydrogen-bond acceptors (Lipinski definition) is 15. The summed E-state index contributed by atoms with van der Waals surface area (Å²) in [6, 6.07) is 1.17. The molecule has 22 heteroatoms. The van der Waals surface area contributed by atoms with Crippen molar-refractivity contribution in [3.63, 3.8) is 0 Å². The summed E-state index contributed by atoms with van der Waals surface area (Å²) in [6.07, 6.45) is 9.03. The van der Waals surface area contributed by atoms with Gasteiger partial charge in [-0.3, -0.25) is 9.80 Å². The molecule has 0 radical (unpaired) electrons. The summed E-state index contributed by atoms with van der Waals surface area (Å²) < 4.78 is 67.7. The highest BCUT2D eigenvalue weighted by atomic mass is 79.9. The van der Waals surface area contributed by atoms with Crippen molar-refractivity contribution in [1.29, 1.82) is 0 Å². The number of piperidine rings is 1. The van der Waals surface area contributed by atoms with E-state index in [4.69, 9.17) is 8.85 Å². The maximum atomic E-state index is 13.0. The predicted molar refractivity (Wildman–Crippen MR) is 265 cm³/mol. The van der Waals surface area contributed by atoms with Gasteiger partial charge in [0.05, 0.1) is 24.6 Å². The Morgan fingerprint density at radius 1 is 0.651 bits per heavy atom. The normalized spacial score (nSPS) is 26.4. The van der Waals surface area contributed by atoms with E-state index in [2.05, 4.69) is 119 Å². The average molecular weight is 1060 g/mol. The fraction of sp³-hybridized carbons (Fsp3) is 0.854. The number of nitrogens with zero attached hydrogens (tertiary/aromatic N) is 7. The van der Waals surface area contributed by atoms with Crippen LogP contribution in [-0.4, -0.2) is 178 Å². The number of sulfonamides is 2. The molecule has 6 fully saturated rings. The molecule has 2 N–H and O–H groups in total. The fourth-order valence-electron chi connectivity index (χ4n) is 8.56. The highest BCUT2D eigenvalue weighted by molar-refractivity contribution is 9.11. The summed E-state index contributed by atoms with van der Waals surface area (Å²) in [6.45, 7) is 35.3. The third-order valence-electron chi connectivity index (χ3n) is 14.3. The number of thiazole rings is 2. The van der Waals surface area contributed by atoms with Gasteiger partial charge in [0.1, 0.15) is 0 Å². The van der Waals surface area contributed by atoms with E-state index >= 15 is 0 Å². The zero-order valence-corrected chi connectivity index (χ0v) is 46.3. The van der Waals surface area contributed by atoms with Crippen LogP contribution in [-0.2, 0) is 28.9 Å². The number of rotatable bonds is 9. The zero-order valence-electron chi connectivity index (χ0n) is 39.5. The number of fused-ring (bicyclic) bond motifs is 2. The molecular weight excluding hydrogens is 979 g/mol. The molecule has 0 unspecified atom stereocenters. The first-order chi connectivity index (χ1) is 29.4. The van der Waals surface area contributed by atoms with Gasteiger partial charge >= 0.3 is 0 Å². The van der Waals surface area contributed by atoms with E-state index in [1.807, 2.05) is 0 Å². The molecule has 8 rings (SSSR count). The average Bonchev–Trinajstić information content (AvgIpc) is 4.04. The van der Waals surface area contributed by atoms with E-state index in [-0.39, 0.29) is 5.04 Å². The van der Waals surface area contributed by atoms with Gasteiger partial charge < -0.3 is 24.4 Å². The molecule has 0 aromatic carbocycles. The third kappa shape index (κ3) is 13.0. The lowest BCUT2D eigenvalue weighted by atomic mass is 10.1. The molecule has 0 amide bonds. The van der Waals surface area contributed by atoms with E-state index in [1.165, 1.54) is 30.5 Å². The predicted octanol–water partition coefficient (Wildman–Crippen LogP) is 6.16. The first kappa shape index (κ1) is 51.9. The smallest absolute Gasteiger partial charge is 0.254 e. The van der Waals surface area contributed by atoms with Gasteiger partial charge in [0.2, 0.25) is 0 Å². The van der Waals surface area contributed by atoms with Gasteiger partial charge in [0, 0.05) is 104 Å². The van der Waals surface area contributed by atoms with Crippen LogP contribution in [0.1, 0.15) is 73.6 Å². The van der Waals surface area contributed by atoms with Crippen LogP contribution in [0.5, 0.6) is 0 Å². The summed E-state index contributed by atoms with van der Waals surface area (Å²) in [5.74, 6) is 0. The Bertz CT molecular complexity index is 2000. The Morgan fingerprint density at radius 2 is 1.16 bits per heavy atom. The van der Waals surface area contributed by atoms with Crippen molar-refractivity contribution in [2.24, 2.45) is 0 Å². The van der Waals surface area contributed by atoms with Crippen molar-refractivity contribution in [3.8, 4) is 0 Å². The van der Waals surface area contributed by atoms with Gasteiger partial charge in [0.15, 0.2) is 34.1 Å². The van der Waals surface area contributed by atoms with Crippen LogP contribution in [0.4, 0.5) is 5.13 Å². The second kappa shape index (κ2) is 21.0. The van der Waals surface area contributed by atoms with Gasteiger partial charge in [0.25, 0.3) is 20.0 Å². The van der Waals surface area contributed by atoms with Gasteiger partial charge in [-0.2, -0.15) is 8.61 Å². The first-order valence-electron chi connectivity index (χ1n) is 22.9. The SMILES string of the molecule is CC(C)(C)[Si](C)(C)O[C@@H]1C[C@H]2CN(c3ncc(S(=O)(=O)N4CCNCC4)s3)CCN2C1.CC(C)(C)[Si](C)(C)O[C@@H]1C[C@H]2CNCCN2C1.O=S(=O)(c1cnc(Br)s1)N1CCCCC1. The molecule has 0 aliphatic carbocycles. The van der Waals surface area contributed by atoms with Crippen molar-refractivity contribution in [2.45, 2.75) is 143 Å². The lowest BCUT2D eigenvalue weighted by Gasteiger charge is -2.38. The van der Waals surface area contributed by atoms with E-state index < -0.39 is 36.7 Å². The molecule has 360 valence electrons. The molecule has 2 aromatic heterocycles. The molecule has 0 bridgehead atoms. The van der Waals surface area contributed by atoms with Crippen LogP contribution in [0.25, 0.3) is 0 Å². The molecule has 2 aromatic rings. The number of aromatic nitrogens is 2. The minimum Gasteiger partial charge on any atom is -0.413 e. The van der Waals surface area contributed by atoms with Crippen molar-refractivity contribution in [2.75, 3.05) is 96.5 Å². The van der Waals surface area contributed by atoms with Crippen LogP contribution in [0.2, 0.25) is 36.3 Å². The highest BCUT2D eigenvalue weighted by Gasteiger charge is 2.45. The molecule has 6 aliphatic rings. The maximum Gasteiger partial charge on any atom is 0.254 e. The maximum absolute atomic E-state index is 13.0. The molecule has 15 nitrogen and oxygen atoms in total. The molecular formula is C41H76BrN9O6S4Si2. The summed E-state index contributed by atoms with van der Waals surface area (Å²) in [5.41, 5.74) is 0. The summed E-state index contributed by atoms with van der Waals surface area (Å²) in [7, 11) is -10.1. The number of anilines is 1. The van der Waals surface area contributed by atoms with Crippen LogP contribution >= 0.6 is 38.6 Å². The molecule has 0 saturated carbocycles. The fourth-order valence-corrected chi connectivity index (χ4v) is 17.5.